The predicted molar refractivity (Wildman–Crippen MR) is 85.3 cm³/mol. The number of hydrogen-bond donors (Lipinski definition) is 2. The predicted octanol–water partition coefficient (Wildman–Crippen LogP) is 3.42. The van der Waals surface area contributed by atoms with Crippen molar-refractivity contribution < 1.29 is 22.7 Å². The van der Waals surface area contributed by atoms with E-state index in [9.17, 15) is 18.0 Å². The Balaban J connectivity index is 1.65. The van der Waals surface area contributed by atoms with Crippen molar-refractivity contribution in [1.82, 2.24) is 14.8 Å². The van der Waals surface area contributed by atoms with Crippen molar-refractivity contribution in [2.75, 3.05) is 11.9 Å². The molecule has 25 heavy (non-hydrogen) atoms. The number of rotatable bonds is 5. The molecule has 0 bridgehead atoms. The Morgan fingerprint density at radius 1 is 1.36 bits per heavy atom. The molecule has 2 N–H and O–H groups in total. The van der Waals surface area contributed by atoms with Crippen LogP contribution in [0.1, 0.15) is 12.6 Å². The number of aromatic nitrogens is 3. The number of amides is 1. The molecule has 0 radical (unpaired) electrons. The van der Waals surface area contributed by atoms with Crippen molar-refractivity contribution in [3.8, 4) is 5.75 Å². The number of halogens is 3. The second kappa shape index (κ2) is 6.50. The van der Waals surface area contributed by atoms with Crippen molar-refractivity contribution in [3.05, 3.63) is 42.4 Å². The number of nitrogens with zero attached hydrogens (tertiary/aromatic N) is 2. The van der Waals surface area contributed by atoms with Crippen LogP contribution in [0.3, 0.4) is 0 Å². The van der Waals surface area contributed by atoms with Gasteiger partial charge in [-0.2, -0.15) is 18.3 Å². The molecule has 1 amide bonds. The maximum Gasteiger partial charge on any atom is 0.435 e. The van der Waals surface area contributed by atoms with Gasteiger partial charge in [0.1, 0.15) is 12.4 Å². The number of carbonyl (C=O) groups excluding carboxylic acids is 1. The number of carbonyl (C=O) groups is 1. The molecule has 0 saturated heterocycles. The second-order valence-electron chi connectivity index (χ2n) is 5.40. The Labute approximate surface area is 140 Å². The SMILES string of the molecule is CC(=O)Nc1c[nH]c2ccc(OCCn3ccc(C(F)(F)F)n3)cc12. The maximum absolute atomic E-state index is 12.5. The topological polar surface area (TPSA) is 71.9 Å². The molecule has 0 spiro atoms. The number of ether oxygens (including phenoxy) is 1. The van der Waals surface area contributed by atoms with Crippen LogP contribution in [-0.2, 0) is 17.5 Å². The van der Waals surface area contributed by atoms with Gasteiger partial charge in [-0.1, -0.05) is 0 Å². The van der Waals surface area contributed by atoms with Crippen molar-refractivity contribution in [2.45, 2.75) is 19.6 Å². The van der Waals surface area contributed by atoms with Gasteiger partial charge in [-0.05, 0) is 24.3 Å². The fourth-order valence-electron chi connectivity index (χ4n) is 2.38. The van der Waals surface area contributed by atoms with E-state index in [0.29, 0.717) is 11.4 Å². The molecule has 3 aromatic rings. The Kier molecular flexibility index (Phi) is 4.39. The van der Waals surface area contributed by atoms with Crippen LogP contribution in [0.15, 0.2) is 36.7 Å². The molecule has 0 unspecified atom stereocenters. The third-order valence-electron chi connectivity index (χ3n) is 3.48. The van der Waals surface area contributed by atoms with Crippen LogP contribution < -0.4 is 10.1 Å². The summed E-state index contributed by atoms with van der Waals surface area (Å²) in [5.41, 5.74) is 0.536. The van der Waals surface area contributed by atoms with Gasteiger partial charge in [0, 0.05) is 30.2 Å². The zero-order chi connectivity index (χ0) is 18.0. The van der Waals surface area contributed by atoms with Gasteiger partial charge >= 0.3 is 6.18 Å². The quantitative estimate of drug-likeness (QED) is 0.739. The number of aromatic amines is 1. The average Bonchev–Trinajstić information content (AvgIpc) is 3.14. The summed E-state index contributed by atoms with van der Waals surface area (Å²) >= 11 is 0. The summed E-state index contributed by atoms with van der Waals surface area (Å²) in [6.45, 7) is 1.75. The zero-order valence-electron chi connectivity index (χ0n) is 13.2. The number of anilines is 1. The molecule has 1 aromatic carbocycles. The average molecular weight is 352 g/mol. The van der Waals surface area contributed by atoms with Gasteiger partial charge in [0.2, 0.25) is 5.91 Å². The van der Waals surface area contributed by atoms with Gasteiger partial charge in [0.15, 0.2) is 5.69 Å². The fourth-order valence-corrected chi connectivity index (χ4v) is 2.38. The molecule has 2 heterocycles. The van der Waals surface area contributed by atoms with Crippen molar-refractivity contribution in [3.63, 3.8) is 0 Å². The van der Waals surface area contributed by atoms with E-state index in [1.807, 2.05) is 0 Å². The molecular weight excluding hydrogens is 337 g/mol. The zero-order valence-corrected chi connectivity index (χ0v) is 13.2. The molecule has 3 rings (SSSR count). The third-order valence-corrected chi connectivity index (χ3v) is 3.48. The lowest BCUT2D eigenvalue weighted by atomic mass is 10.2. The molecule has 0 aliphatic rings. The summed E-state index contributed by atoms with van der Waals surface area (Å²) in [6, 6.07) is 6.21. The highest BCUT2D eigenvalue weighted by molar-refractivity contribution is 6.01. The fraction of sp³-hybridized carbons (Fsp3) is 0.250. The van der Waals surface area contributed by atoms with E-state index in [0.717, 1.165) is 17.0 Å². The molecule has 0 saturated carbocycles. The minimum atomic E-state index is -4.45. The lowest BCUT2D eigenvalue weighted by molar-refractivity contribution is -0.141. The number of H-pyrrole nitrogens is 1. The van der Waals surface area contributed by atoms with Crippen LogP contribution in [0.4, 0.5) is 18.9 Å². The molecule has 0 fully saturated rings. The summed E-state index contributed by atoms with van der Waals surface area (Å²) in [5, 5.41) is 6.95. The van der Waals surface area contributed by atoms with Crippen LogP contribution in [0, 0.1) is 0 Å². The standard InChI is InChI=1S/C16H15F3N4O2/c1-10(24)21-14-9-20-13-3-2-11(8-12(13)14)25-7-6-23-5-4-15(22-23)16(17,18)19/h2-5,8-9,20H,6-7H2,1H3,(H,21,24). The minimum absolute atomic E-state index is 0.157. The largest absolute Gasteiger partial charge is 0.492 e. The summed E-state index contributed by atoms with van der Waals surface area (Å²) in [5.74, 6) is 0.355. The summed E-state index contributed by atoms with van der Waals surface area (Å²) in [6.07, 6.45) is -1.51. The summed E-state index contributed by atoms with van der Waals surface area (Å²) in [7, 11) is 0. The molecular formula is C16H15F3N4O2. The summed E-state index contributed by atoms with van der Waals surface area (Å²) in [4.78, 5) is 14.2. The highest BCUT2D eigenvalue weighted by Gasteiger charge is 2.33. The van der Waals surface area contributed by atoms with Crippen LogP contribution >= 0.6 is 0 Å². The first-order chi connectivity index (χ1) is 11.8. The van der Waals surface area contributed by atoms with E-state index < -0.39 is 11.9 Å². The van der Waals surface area contributed by atoms with Crippen LogP contribution in [0.2, 0.25) is 0 Å². The second-order valence-corrected chi connectivity index (χ2v) is 5.40. The minimum Gasteiger partial charge on any atom is -0.492 e. The van der Waals surface area contributed by atoms with Crippen LogP contribution in [-0.4, -0.2) is 27.3 Å². The van der Waals surface area contributed by atoms with Gasteiger partial charge < -0.3 is 15.0 Å². The number of hydrogen-bond acceptors (Lipinski definition) is 3. The summed E-state index contributed by atoms with van der Waals surface area (Å²) < 4.78 is 44.2. The maximum atomic E-state index is 12.5. The van der Waals surface area contributed by atoms with Crippen LogP contribution in [0.5, 0.6) is 5.75 Å². The first-order valence-corrected chi connectivity index (χ1v) is 7.45. The monoisotopic (exact) mass is 352 g/mol. The van der Waals surface area contributed by atoms with Crippen molar-refractivity contribution in [2.24, 2.45) is 0 Å². The number of fused-ring (bicyclic) bond motifs is 1. The Hall–Kier alpha value is -2.97. The molecule has 9 heteroatoms. The van der Waals surface area contributed by atoms with Gasteiger partial charge in [-0.3, -0.25) is 9.48 Å². The Morgan fingerprint density at radius 3 is 2.84 bits per heavy atom. The first kappa shape index (κ1) is 16.9. The van der Waals surface area contributed by atoms with E-state index in [2.05, 4.69) is 15.4 Å². The number of alkyl halides is 3. The lowest BCUT2D eigenvalue weighted by Gasteiger charge is -2.07. The normalized spacial score (nSPS) is 11.7. The van der Waals surface area contributed by atoms with Crippen LogP contribution in [0.25, 0.3) is 10.9 Å². The number of nitrogens with one attached hydrogen (secondary N) is 2. The van der Waals surface area contributed by atoms with Crippen molar-refractivity contribution >= 4 is 22.5 Å². The molecule has 0 aliphatic carbocycles. The van der Waals surface area contributed by atoms with Gasteiger partial charge in [-0.25, -0.2) is 0 Å². The molecule has 0 aliphatic heterocycles. The highest BCUT2D eigenvalue weighted by atomic mass is 19.4. The van der Waals surface area contributed by atoms with Gasteiger partial charge in [-0.15, -0.1) is 0 Å². The van der Waals surface area contributed by atoms with E-state index >= 15 is 0 Å². The Morgan fingerprint density at radius 2 is 2.16 bits per heavy atom. The van der Waals surface area contributed by atoms with Gasteiger partial charge in [0.05, 0.1) is 12.2 Å². The molecule has 132 valence electrons. The van der Waals surface area contributed by atoms with E-state index in [1.54, 1.807) is 24.4 Å². The van der Waals surface area contributed by atoms with E-state index in [-0.39, 0.29) is 19.1 Å². The lowest BCUT2D eigenvalue weighted by Crippen LogP contribution is -2.11. The molecule has 6 nitrogen and oxygen atoms in total. The smallest absolute Gasteiger partial charge is 0.435 e. The van der Waals surface area contributed by atoms with E-state index in [1.165, 1.54) is 17.8 Å². The first-order valence-electron chi connectivity index (χ1n) is 7.45. The van der Waals surface area contributed by atoms with Gasteiger partial charge in [0.25, 0.3) is 0 Å². The van der Waals surface area contributed by atoms with E-state index in [4.69, 9.17) is 4.74 Å². The molecule has 0 atom stereocenters. The number of benzene rings is 1. The molecule has 2 aromatic heterocycles. The van der Waals surface area contributed by atoms with Crippen molar-refractivity contribution in [1.29, 1.82) is 0 Å². The highest BCUT2D eigenvalue weighted by Crippen LogP contribution is 2.28. The third kappa shape index (κ3) is 3.93. The Bertz CT molecular complexity index is 898.